The van der Waals surface area contributed by atoms with E-state index >= 15 is 0 Å². The van der Waals surface area contributed by atoms with Gasteiger partial charge in [0.1, 0.15) is 10.7 Å². The van der Waals surface area contributed by atoms with Crippen LogP contribution in [0.15, 0.2) is 35.4 Å². The number of anilines is 1. The van der Waals surface area contributed by atoms with Gasteiger partial charge in [0.05, 0.1) is 11.9 Å². The highest BCUT2D eigenvalue weighted by molar-refractivity contribution is 7.90. The van der Waals surface area contributed by atoms with Crippen molar-refractivity contribution in [2.45, 2.75) is 30.2 Å². The molecule has 26 heavy (non-hydrogen) atoms. The number of benzene rings is 1. The summed E-state index contributed by atoms with van der Waals surface area (Å²) in [6.45, 7) is 2.06. The number of hydrogen-bond acceptors (Lipinski definition) is 6. The molecule has 1 atom stereocenters. The average Bonchev–Trinajstić information content (AvgIpc) is 2.61. The molecule has 3 rings (SSSR count). The molecule has 1 aromatic carbocycles. The summed E-state index contributed by atoms with van der Waals surface area (Å²) in [5, 5.41) is 3.30. The van der Waals surface area contributed by atoms with Crippen LogP contribution < -0.4 is 10.2 Å². The maximum absolute atomic E-state index is 13.4. The number of hydrogen-bond donors (Lipinski definition) is 1. The van der Waals surface area contributed by atoms with Crippen LogP contribution in [0.25, 0.3) is 0 Å². The topological polar surface area (TPSA) is 75.2 Å². The van der Waals surface area contributed by atoms with Crippen LogP contribution in [0.3, 0.4) is 0 Å². The third-order valence-corrected chi connectivity index (χ3v) is 5.62. The van der Waals surface area contributed by atoms with Crippen LogP contribution in [0.5, 0.6) is 0 Å². The summed E-state index contributed by atoms with van der Waals surface area (Å²) >= 11 is 0. The number of halogens is 1. The van der Waals surface area contributed by atoms with Gasteiger partial charge in [0.2, 0.25) is 5.95 Å². The van der Waals surface area contributed by atoms with Crippen molar-refractivity contribution < 1.29 is 12.8 Å². The van der Waals surface area contributed by atoms with E-state index in [2.05, 4.69) is 15.3 Å². The molecule has 0 unspecified atom stereocenters. The van der Waals surface area contributed by atoms with Crippen molar-refractivity contribution in [1.82, 2.24) is 15.3 Å². The average molecular weight is 378 g/mol. The largest absolute Gasteiger partial charge is 0.340 e. The van der Waals surface area contributed by atoms with Gasteiger partial charge in [-0.1, -0.05) is 12.1 Å². The molecule has 8 heteroatoms. The summed E-state index contributed by atoms with van der Waals surface area (Å²) < 4.78 is 37.7. The van der Waals surface area contributed by atoms with E-state index in [0.29, 0.717) is 24.7 Å². The Morgan fingerprint density at radius 3 is 2.85 bits per heavy atom. The zero-order valence-corrected chi connectivity index (χ0v) is 15.8. The van der Waals surface area contributed by atoms with Gasteiger partial charge in [-0.25, -0.2) is 22.8 Å². The summed E-state index contributed by atoms with van der Waals surface area (Å²) in [7, 11) is -1.60. The number of piperidine rings is 1. The van der Waals surface area contributed by atoms with E-state index < -0.39 is 9.84 Å². The highest BCUT2D eigenvalue weighted by Gasteiger charge is 2.25. The molecule has 0 spiro atoms. The maximum atomic E-state index is 13.4. The molecule has 2 heterocycles. The summed E-state index contributed by atoms with van der Waals surface area (Å²) in [5.41, 5.74) is 1.36. The van der Waals surface area contributed by atoms with Crippen molar-refractivity contribution in [2.75, 3.05) is 31.3 Å². The third-order valence-electron chi connectivity index (χ3n) is 4.50. The number of nitrogens with zero attached hydrogens (tertiary/aromatic N) is 3. The highest BCUT2D eigenvalue weighted by atomic mass is 32.2. The van der Waals surface area contributed by atoms with Gasteiger partial charge in [-0.3, -0.25) is 0 Å². The van der Waals surface area contributed by atoms with E-state index in [1.165, 1.54) is 24.6 Å². The number of sulfone groups is 1. The van der Waals surface area contributed by atoms with Crippen LogP contribution in [-0.4, -0.2) is 44.8 Å². The lowest BCUT2D eigenvalue weighted by atomic mass is 9.96. The molecule has 0 bridgehead atoms. The number of nitrogens with one attached hydrogen (secondary N) is 1. The third kappa shape index (κ3) is 4.37. The van der Waals surface area contributed by atoms with E-state index in [9.17, 15) is 12.8 Å². The van der Waals surface area contributed by atoms with E-state index in [1.54, 1.807) is 11.0 Å². The summed E-state index contributed by atoms with van der Waals surface area (Å²) in [6.07, 6.45) is 4.44. The van der Waals surface area contributed by atoms with Crippen molar-refractivity contribution in [2.24, 2.45) is 0 Å². The fourth-order valence-corrected chi connectivity index (χ4v) is 4.04. The first-order chi connectivity index (χ1) is 12.3. The molecule has 2 aromatic rings. The second-order valence-corrected chi connectivity index (χ2v) is 8.71. The Bertz CT molecular complexity index is 883. The Hall–Kier alpha value is -2.06. The molecule has 140 valence electrons. The summed E-state index contributed by atoms with van der Waals surface area (Å²) in [5.74, 6) is 0.179. The second-order valence-electron chi connectivity index (χ2n) is 6.72. The standard InChI is InChI=1S/C18H23FN4O2S/c1-23(12-13-5-3-7-15(19)9-13)18-21-11-16(26(2,24)25)17(22-18)14-6-4-8-20-10-14/h3,5,7,9,11,14,20H,4,6,8,10,12H2,1-2H3/t14-/m1/s1. The van der Waals surface area contributed by atoms with Crippen molar-refractivity contribution in [1.29, 1.82) is 0 Å². The first-order valence-corrected chi connectivity index (χ1v) is 10.5. The zero-order chi connectivity index (χ0) is 18.7. The fourth-order valence-electron chi connectivity index (χ4n) is 3.20. The Kier molecular flexibility index (Phi) is 5.52. The molecule has 0 amide bonds. The van der Waals surface area contributed by atoms with Crippen LogP contribution in [0.2, 0.25) is 0 Å². The second kappa shape index (κ2) is 7.67. The quantitative estimate of drug-likeness (QED) is 0.859. The maximum Gasteiger partial charge on any atom is 0.225 e. The van der Waals surface area contributed by atoms with Gasteiger partial charge in [-0.05, 0) is 37.1 Å². The molecule has 1 fully saturated rings. The van der Waals surface area contributed by atoms with Gasteiger partial charge in [0.25, 0.3) is 0 Å². The summed E-state index contributed by atoms with van der Waals surface area (Å²) in [4.78, 5) is 10.8. The SMILES string of the molecule is CN(Cc1cccc(F)c1)c1ncc(S(C)(=O)=O)c([C@@H]2CCCNC2)n1. The van der Waals surface area contributed by atoms with Crippen molar-refractivity contribution in [3.05, 3.63) is 47.5 Å². The molecule has 1 N–H and O–H groups in total. The Morgan fingerprint density at radius 2 is 2.19 bits per heavy atom. The fraction of sp³-hybridized carbons (Fsp3) is 0.444. The van der Waals surface area contributed by atoms with Crippen molar-refractivity contribution in [3.63, 3.8) is 0 Å². The van der Waals surface area contributed by atoms with E-state index in [1.807, 2.05) is 13.1 Å². The Balaban J connectivity index is 1.92. The monoisotopic (exact) mass is 378 g/mol. The highest BCUT2D eigenvalue weighted by Crippen LogP contribution is 2.28. The molecule has 6 nitrogen and oxygen atoms in total. The van der Waals surface area contributed by atoms with Crippen LogP contribution in [0.4, 0.5) is 10.3 Å². The molecule has 0 saturated carbocycles. The van der Waals surface area contributed by atoms with Gasteiger partial charge in [0.15, 0.2) is 9.84 Å². The lowest BCUT2D eigenvalue weighted by molar-refractivity contribution is 0.447. The lowest BCUT2D eigenvalue weighted by Crippen LogP contribution is -2.30. The zero-order valence-electron chi connectivity index (χ0n) is 14.9. The predicted octanol–water partition coefficient (Wildman–Crippen LogP) is 2.12. The summed E-state index contributed by atoms with van der Waals surface area (Å²) in [6, 6.07) is 6.35. The van der Waals surface area contributed by atoms with Gasteiger partial charge >= 0.3 is 0 Å². The normalized spacial score (nSPS) is 17.9. The minimum absolute atomic E-state index is 0.0396. The van der Waals surface area contributed by atoms with E-state index in [4.69, 9.17) is 0 Å². The first-order valence-electron chi connectivity index (χ1n) is 8.58. The Morgan fingerprint density at radius 1 is 1.38 bits per heavy atom. The smallest absolute Gasteiger partial charge is 0.225 e. The molecular weight excluding hydrogens is 355 g/mol. The molecule has 0 aliphatic carbocycles. The van der Waals surface area contributed by atoms with Crippen LogP contribution in [0.1, 0.15) is 30.0 Å². The van der Waals surface area contributed by atoms with Gasteiger partial charge in [0, 0.05) is 32.3 Å². The van der Waals surface area contributed by atoms with Crippen LogP contribution in [0, 0.1) is 5.82 Å². The Labute approximate surface area is 153 Å². The molecular formula is C18H23FN4O2S. The van der Waals surface area contributed by atoms with Gasteiger partial charge in [-0.15, -0.1) is 0 Å². The van der Waals surface area contributed by atoms with Crippen molar-refractivity contribution >= 4 is 15.8 Å². The molecule has 0 radical (unpaired) electrons. The van der Waals surface area contributed by atoms with E-state index in [0.717, 1.165) is 24.9 Å². The number of aromatic nitrogens is 2. The van der Waals surface area contributed by atoms with Crippen LogP contribution in [-0.2, 0) is 16.4 Å². The molecule has 1 aliphatic heterocycles. The predicted molar refractivity (Wildman–Crippen MR) is 98.5 cm³/mol. The van der Waals surface area contributed by atoms with E-state index in [-0.39, 0.29) is 16.6 Å². The first kappa shape index (κ1) is 18.7. The van der Waals surface area contributed by atoms with Gasteiger partial charge < -0.3 is 10.2 Å². The molecule has 1 aromatic heterocycles. The molecule has 1 aliphatic rings. The number of rotatable bonds is 5. The van der Waals surface area contributed by atoms with Crippen molar-refractivity contribution in [3.8, 4) is 0 Å². The van der Waals surface area contributed by atoms with Crippen LogP contribution >= 0.6 is 0 Å². The lowest BCUT2D eigenvalue weighted by Gasteiger charge is -2.25. The minimum atomic E-state index is -3.41. The van der Waals surface area contributed by atoms with Gasteiger partial charge in [-0.2, -0.15) is 0 Å². The molecule has 1 saturated heterocycles. The minimum Gasteiger partial charge on any atom is -0.340 e.